The highest BCUT2D eigenvalue weighted by Gasteiger charge is 2.16. The molecule has 5 nitrogen and oxygen atoms in total. The molecule has 0 atom stereocenters. The van der Waals surface area contributed by atoms with Crippen molar-refractivity contribution >= 4 is 8.07 Å². The molecule has 0 saturated heterocycles. The quantitative estimate of drug-likeness (QED) is 0.410. The molecule has 0 bridgehead atoms. The summed E-state index contributed by atoms with van der Waals surface area (Å²) in [4.78, 5) is 4.78. The second-order valence-corrected chi connectivity index (χ2v) is 13.3. The molecule has 0 N–H and O–H groups in total. The Balaban J connectivity index is 1.88. The molecule has 27 heavy (non-hydrogen) atoms. The molecule has 142 valence electrons. The number of methoxy groups -OCH3 is 1. The van der Waals surface area contributed by atoms with Gasteiger partial charge in [0.25, 0.3) is 0 Å². The van der Waals surface area contributed by atoms with Gasteiger partial charge in [-0.1, -0.05) is 62.1 Å². The first kappa shape index (κ1) is 19.3. The number of hydrogen-bond donors (Lipinski definition) is 0. The molecule has 1 heterocycles. The van der Waals surface area contributed by atoms with Crippen LogP contribution in [-0.4, -0.2) is 36.6 Å². The van der Waals surface area contributed by atoms with Gasteiger partial charge < -0.3 is 9.47 Å². The summed E-state index contributed by atoms with van der Waals surface area (Å²) in [6.45, 7) is 8.17. The summed E-state index contributed by atoms with van der Waals surface area (Å²) in [6, 6.07) is 19.0. The lowest BCUT2D eigenvalue weighted by Gasteiger charge is -2.15. The maximum atomic E-state index is 5.93. The van der Waals surface area contributed by atoms with E-state index in [1.165, 1.54) is 0 Å². The van der Waals surface area contributed by atoms with Gasteiger partial charge in [-0.25, -0.2) is 9.67 Å². The van der Waals surface area contributed by atoms with E-state index in [9.17, 15) is 0 Å². The van der Waals surface area contributed by atoms with Crippen LogP contribution >= 0.6 is 0 Å². The lowest BCUT2D eigenvalue weighted by atomic mass is 10.2. The van der Waals surface area contributed by atoms with Crippen LogP contribution in [0.1, 0.15) is 0 Å². The zero-order valence-electron chi connectivity index (χ0n) is 16.5. The Bertz CT molecular complexity index is 873. The Labute approximate surface area is 162 Å². The van der Waals surface area contributed by atoms with E-state index in [0.717, 1.165) is 35.4 Å². The van der Waals surface area contributed by atoms with Crippen LogP contribution in [0.3, 0.4) is 0 Å². The van der Waals surface area contributed by atoms with Crippen LogP contribution in [0, 0.1) is 0 Å². The van der Waals surface area contributed by atoms with E-state index in [0.29, 0.717) is 12.6 Å². The second-order valence-electron chi connectivity index (χ2n) is 7.70. The van der Waals surface area contributed by atoms with Crippen molar-refractivity contribution in [2.24, 2.45) is 0 Å². The fourth-order valence-electron chi connectivity index (χ4n) is 2.65. The van der Waals surface area contributed by atoms with Gasteiger partial charge in [0.2, 0.25) is 0 Å². The van der Waals surface area contributed by atoms with Crippen molar-refractivity contribution < 1.29 is 9.47 Å². The van der Waals surface area contributed by atoms with Crippen molar-refractivity contribution in [3.05, 3.63) is 54.6 Å². The third kappa shape index (κ3) is 5.27. The van der Waals surface area contributed by atoms with Crippen LogP contribution in [0.2, 0.25) is 25.7 Å². The van der Waals surface area contributed by atoms with Crippen LogP contribution in [-0.2, 0) is 11.5 Å². The second kappa shape index (κ2) is 8.50. The Hall–Kier alpha value is -2.44. The van der Waals surface area contributed by atoms with Gasteiger partial charge in [-0.2, -0.15) is 0 Å². The first-order chi connectivity index (χ1) is 13.0. The number of benzene rings is 2. The van der Waals surface area contributed by atoms with Gasteiger partial charge in [-0.15, -0.1) is 5.10 Å². The van der Waals surface area contributed by atoms with Crippen LogP contribution in [0.4, 0.5) is 0 Å². The van der Waals surface area contributed by atoms with Crippen molar-refractivity contribution in [2.45, 2.75) is 32.4 Å². The molecule has 0 spiro atoms. The molecule has 3 rings (SSSR count). The highest BCUT2D eigenvalue weighted by molar-refractivity contribution is 6.76. The molecule has 1 aromatic heterocycles. The molecular formula is C21H27N3O2Si. The van der Waals surface area contributed by atoms with Crippen molar-refractivity contribution in [1.82, 2.24) is 14.8 Å². The molecule has 0 unspecified atom stereocenters. The fraction of sp³-hybridized carbons (Fsp3) is 0.333. The van der Waals surface area contributed by atoms with Crippen LogP contribution < -0.4 is 4.74 Å². The minimum atomic E-state index is -1.12. The average Bonchev–Trinajstić information content (AvgIpc) is 3.09. The van der Waals surface area contributed by atoms with Crippen LogP contribution in [0.15, 0.2) is 54.6 Å². The standard InChI is InChI=1S/C21H27N3O2Si/c1-25-19-12-8-11-18(15-19)21-22-20(17-9-6-5-7-10-17)23-24(21)16-26-13-14-27(2,3)4/h5-12,15H,13-14,16H2,1-4H3. The summed E-state index contributed by atoms with van der Waals surface area (Å²) in [7, 11) is 0.546. The minimum Gasteiger partial charge on any atom is -0.497 e. The van der Waals surface area contributed by atoms with Gasteiger partial charge in [0.1, 0.15) is 12.5 Å². The van der Waals surface area contributed by atoms with E-state index in [1.54, 1.807) is 7.11 Å². The summed E-state index contributed by atoms with van der Waals surface area (Å²) in [5.74, 6) is 2.27. The monoisotopic (exact) mass is 381 g/mol. The van der Waals surface area contributed by atoms with E-state index < -0.39 is 8.07 Å². The molecule has 0 fully saturated rings. The number of ether oxygens (including phenoxy) is 2. The lowest BCUT2D eigenvalue weighted by Crippen LogP contribution is -2.22. The first-order valence-corrected chi connectivity index (χ1v) is 12.9. The maximum absolute atomic E-state index is 5.93. The molecule has 0 aliphatic carbocycles. The Morgan fingerprint density at radius 2 is 1.70 bits per heavy atom. The predicted molar refractivity (Wildman–Crippen MR) is 112 cm³/mol. The number of nitrogens with zero attached hydrogens (tertiary/aromatic N) is 3. The summed E-state index contributed by atoms with van der Waals surface area (Å²) in [5.41, 5.74) is 1.94. The highest BCUT2D eigenvalue weighted by atomic mass is 28.3. The number of aromatic nitrogens is 3. The number of hydrogen-bond acceptors (Lipinski definition) is 4. The zero-order valence-corrected chi connectivity index (χ0v) is 17.5. The Morgan fingerprint density at radius 3 is 2.41 bits per heavy atom. The SMILES string of the molecule is COc1cccc(-c2nc(-c3ccccc3)nn2COCC[Si](C)(C)C)c1. The summed E-state index contributed by atoms with van der Waals surface area (Å²) >= 11 is 0. The molecule has 2 aromatic carbocycles. The highest BCUT2D eigenvalue weighted by Crippen LogP contribution is 2.25. The van der Waals surface area contributed by atoms with Crippen molar-refractivity contribution in [2.75, 3.05) is 13.7 Å². The fourth-order valence-corrected chi connectivity index (χ4v) is 3.40. The molecule has 0 aliphatic rings. The van der Waals surface area contributed by atoms with Gasteiger partial charge in [-0.05, 0) is 18.2 Å². The normalized spacial score (nSPS) is 11.6. The largest absolute Gasteiger partial charge is 0.497 e. The van der Waals surface area contributed by atoms with Crippen LogP contribution in [0.25, 0.3) is 22.8 Å². The zero-order chi connectivity index (χ0) is 19.3. The average molecular weight is 382 g/mol. The van der Waals surface area contributed by atoms with Gasteiger partial charge in [0.15, 0.2) is 11.6 Å². The van der Waals surface area contributed by atoms with Crippen LogP contribution in [0.5, 0.6) is 5.75 Å². The van der Waals surface area contributed by atoms with E-state index in [4.69, 9.17) is 19.6 Å². The van der Waals surface area contributed by atoms with Gasteiger partial charge in [0.05, 0.1) is 7.11 Å². The van der Waals surface area contributed by atoms with Gasteiger partial charge in [-0.3, -0.25) is 0 Å². The van der Waals surface area contributed by atoms with E-state index in [2.05, 4.69) is 19.6 Å². The molecule has 0 saturated carbocycles. The maximum Gasteiger partial charge on any atom is 0.181 e. The first-order valence-electron chi connectivity index (χ1n) is 9.19. The molecule has 3 aromatic rings. The third-order valence-electron chi connectivity index (χ3n) is 4.24. The smallest absolute Gasteiger partial charge is 0.181 e. The molecule has 0 aliphatic heterocycles. The third-order valence-corrected chi connectivity index (χ3v) is 5.95. The lowest BCUT2D eigenvalue weighted by molar-refractivity contribution is 0.0797. The Morgan fingerprint density at radius 1 is 0.963 bits per heavy atom. The summed E-state index contributed by atoms with van der Waals surface area (Å²) < 4.78 is 13.1. The van der Waals surface area contributed by atoms with E-state index in [-0.39, 0.29) is 0 Å². The van der Waals surface area contributed by atoms with Crippen molar-refractivity contribution in [3.63, 3.8) is 0 Å². The number of rotatable bonds is 8. The van der Waals surface area contributed by atoms with Crippen molar-refractivity contribution in [3.8, 4) is 28.5 Å². The van der Waals surface area contributed by atoms with E-state index in [1.807, 2.05) is 59.3 Å². The summed E-state index contributed by atoms with van der Waals surface area (Å²) in [5, 5.41) is 4.70. The molecule has 6 heteroatoms. The summed E-state index contributed by atoms with van der Waals surface area (Å²) in [6.07, 6.45) is 0. The topological polar surface area (TPSA) is 49.2 Å². The van der Waals surface area contributed by atoms with Crippen molar-refractivity contribution in [1.29, 1.82) is 0 Å². The van der Waals surface area contributed by atoms with E-state index >= 15 is 0 Å². The van der Waals surface area contributed by atoms with Gasteiger partial charge in [0, 0.05) is 25.8 Å². The molecule has 0 radical (unpaired) electrons. The van der Waals surface area contributed by atoms with Gasteiger partial charge >= 0.3 is 0 Å². The minimum absolute atomic E-state index is 0.386. The Kier molecular flexibility index (Phi) is 6.08. The predicted octanol–water partition coefficient (Wildman–Crippen LogP) is 4.93. The molecule has 0 amide bonds. The molecular weight excluding hydrogens is 354 g/mol.